The minimum atomic E-state index is -0.152. The normalized spacial score (nSPS) is 10.7. The van der Waals surface area contributed by atoms with Crippen LogP contribution >= 0.6 is 43.2 Å². The molecule has 16 heavy (non-hydrogen) atoms. The highest BCUT2D eigenvalue weighted by atomic mass is 79.9. The van der Waals surface area contributed by atoms with Crippen molar-refractivity contribution in [2.75, 3.05) is 0 Å². The fourth-order valence-electron chi connectivity index (χ4n) is 1.18. The van der Waals surface area contributed by atoms with Crippen molar-refractivity contribution in [3.63, 3.8) is 0 Å². The third-order valence-electron chi connectivity index (χ3n) is 1.92. The first-order valence-corrected chi connectivity index (χ1v) is 6.80. The standard InChI is InChI=1S/C9H7Br2N3OS/c1-5-12-2-6(16-5)4-14-9(15)8(11)7(10)3-13-14/h2-3H,4H2,1H3. The molecule has 7 heteroatoms. The van der Waals surface area contributed by atoms with Gasteiger partial charge in [-0.3, -0.25) is 4.79 Å². The van der Waals surface area contributed by atoms with Crippen LogP contribution in [0.3, 0.4) is 0 Å². The molecular weight excluding hydrogens is 358 g/mol. The lowest BCUT2D eigenvalue weighted by molar-refractivity contribution is 0.638. The van der Waals surface area contributed by atoms with Crippen LogP contribution in [0.5, 0.6) is 0 Å². The summed E-state index contributed by atoms with van der Waals surface area (Å²) in [5.41, 5.74) is -0.152. The Balaban J connectivity index is 2.36. The van der Waals surface area contributed by atoms with Crippen LogP contribution in [0.15, 0.2) is 26.1 Å². The van der Waals surface area contributed by atoms with Gasteiger partial charge in [0.05, 0.1) is 22.2 Å². The predicted octanol–water partition coefficient (Wildman–Crippen LogP) is 2.58. The summed E-state index contributed by atoms with van der Waals surface area (Å²) in [6.07, 6.45) is 3.36. The van der Waals surface area contributed by atoms with Crippen molar-refractivity contribution in [3.8, 4) is 0 Å². The Hall–Kier alpha value is -0.530. The van der Waals surface area contributed by atoms with E-state index in [0.717, 1.165) is 9.88 Å². The molecule has 0 atom stereocenters. The Morgan fingerprint density at radius 3 is 2.81 bits per heavy atom. The van der Waals surface area contributed by atoms with E-state index in [1.54, 1.807) is 23.7 Å². The van der Waals surface area contributed by atoms with E-state index in [0.29, 0.717) is 15.5 Å². The molecule has 0 aliphatic heterocycles. The molecule has 84 valence electrons. The monoisotopic (exact) mass is 363 g/mol. The van der Waals surface area contributed by atoms with Crippen LogP contribution in [-0.4, -0.2) is 14.8 Å². The maximum Gasteiger partial charge on any atom is 0.282 e. The lowest BCUT2D eigenvalue weighted by atomic mass is 10.5. The predicted molar refractivity (Wildman–Crippen MR) is 69.9 cm³/mol. The second-order valence-electron chi connectivity index (χ2n) is 3.11. The van der Waals surface area contributed by atoms with Gasteiger partial charge in [-0.05, 0) is 38.8 Å². The van der Waals surface area contributed by atoms with E-state index in [9.17, 15) is 4.79 Å². The molecule has 0 aliphatic carbocycles. The molecule has 0 unspecified atom stereocenters. The first-order valence-electron chi connectivity index (χ1n) is 4.40. The van der Waals surface area contributed by atoms with E-state index in [1.165, 1.54) is 4.68 Å². The molecule has 2 heterocycles. The molecule has 2 aromatic rings. The van der Waals surface area contributed by atoms with Gasteiger partial charge in [-0.15, -0.1) is 11.3 Å². The molecule has 2 aromatic heterocycles. The van der Waals surface area contributed by atoms with Gasteiger partial charge in [0.2, 0.25) is 0 Å². The Labute approximate surface area is 113 Å². The highest BCUT2D eigenvalue weighted by molar-refractivity contribution is 9.13. The van der Waals surface area contributed by atoms with Crippen molar-refractivity contribution in [1.82, 2.24) is 14.8 Å². The molecule has 0 radical (unpaired) electrons. The molecule has 0 N–H and O–H groups in total. The van der Waals surface area contributed by atoms with Gasteiger partial charge in [0.25, 0.3) is 5.56 Å². The summed E-state index contributed by atoms with van der Waals surface area (Å²) in [6.45, 7) is 2.39. The maximum atomic E-state index is 11.8. The number of hydrogen-bond donors (Lipinski definition) is 0. The lowest BCUT2D eigenvalue weighted by Crippen LogP contribution is -2.23. The zero-order valence-corrected chi connectivity index (χ0v) is 12.3. The molecule has 0 fully saturated rings. The van der Waals surface area contributed by atoms with Gasteiger partial charge in [0, 0.05) is 11.1 Å². The smallest absolute Gasteiger partial charge is 0.266 e. The summed E-state index contributed by atoms with van der Waals surface area (Å²) in [5, 5.41) is 5.03. The van der Waals surface area contributed by atoms with Crippen LogP contribution in [0.25, 0.3) is 0 Å². The number of aromatic nitrogens is 3. The molecule has 0 saturated carbocycles. The Morgan fingerprint density at radius 2 is 2.19 bits per heavy atom. The van der Waals surface area contributed by atoms with E-state index in [-0.39, 0.29) is 5.56 Å². The molecule has 0 aliphatic rings. The number of hydrogen-bond acceptors (Lipinski definition) is 4. The Morgan fingerprint density at radius 1 is 1.44 bits per heavy atom. The second kappa shape index (κ2) is 4.77. The van der Waals surface area contributed by atoms with Crippen molar-refractivity contribution in [1.29, 1.82) is 0 Å². The summed E-state index contributed by atoms with van der Waals surface area (Å²) in [6, 6.07) is 0. The highest BCUT2D eigenvalue weighted by Crippen LogP contribution is 2.17. The van der Waals surface area contributed by atoms with Crippen LogP contribution in [0.4, 0.5) is 0 Å². The fraction of sp³-hybridized carbons (Fsp3) is 0.222. The quantitative estimate of drug-likeness (QED) is 0.822. The van der Waals surface area contributed by atoms with Crippen LogP contribution in [0.2, 0.25) is 0 Å². The number of rotatable bonds is 2. The van der Waals surface area contributed by atoms with Crippen molar-refractivity contribution < 1.29 is 0 Å². The van der Waals surface area contributed by atoms with Gasteiger partial charge in [0.1, 0.15) is 4.47 Å². The van der Waals surface area contributed by atoms with Crippen LogP contribution in [-0.2, 0) is 6.54 Å². The Kier molecular flexibility index (Phi) is 3.56. The topological polar surface area (TPSA) is 47.8 Å². The fourth-order valence-corrected chi connectivity index (χ4v) is 2.53. The molecule has 0 bridgehead atoms. The third-order valence-corrected chi connectivity index (χ3v) is 4.71. The molecular formula is C9H7Br2N3OS. The van der Waals surface area contributed by atoms with Gasteiger partial charge < -0.3 is 0 Å². The van der Waals surface area contributed by atoms with E-state index >= 15 is 0 Å². The summed E-state index contributed by atoms with van der Waals surface area (Å²) in [4.78, 5) is 17.0. The molecule has 4 nitrogen and oxygen atoms in total. The van der Waals surface area contributed by atoms with Crippen molar-refractivity contribution >= 4 is 43.2 Å². The summed E-state index contributed by atoms with van der Waals surface area (Å²) in [7, 11) is 0. The van der Waals surface area contributed by atoms with Crippen LogP contribution < -0.4 is 5.56 Å². The van der Waals surface area contributed by atoms with Crippen LogP contribution in [0, 0.1) is 6.92 Å². The van der Waals surface area contributed by atoms with E-state index in [4.69, 9.17) is 0 Å². The first-order chi connectivity index (χ1) is 7.58. The molecule has 0 amide bonds. The second-order valence-corrected chi connectivity index (χ2v) is 6.08. The van der Waals surface area contributed by atoms with E-state index in [1.807, 2.05) is 6.92 Å². The molecule has 0 saturated heterocycles. The minimum Gasteiger partial charge on any atom is -0.266 e. The zero-order chi connectivity index (χ0) is 11.7. The number of thiazole rings is 1. The third kappa shape index (κ3) is 2.41. The van der Waals surface area contributed by atoms with Crippen molar-refractivity contribution in [2.24, 2.45) is 0 Å². The first kappa shape index (κ1) is 11.9. The van der Waals surface area contributed by atoms with E-state index in [2.05, 4.69) is 41.9 Å². The van der Waals surface area contributed by atoms with Crippen LogP contribution in [0.1, 0.15) is 9.88 Å². The molecule has 0 spiro atoms. The van der Waals surface area contributed by atoms with Crippen molar-refractivity contribution in [3.05, 3.63) is 41.6 Å². The number of aryl methyl sites for hydroxylation is 1. The highest BCUT2D eigenvalue weighted by Gasteiger charge is 2.08. The lowest BCUT2D eigenvalue weighted by Gasteiger charge is -2.03. The van der Waals surface area contributed by atoms with Crippen molar-refractivity contribution in [2.45, 2.75) is 13.5 Å². The zero-order valence-electron chi connectivity index (χ0n) is 8.28. The largest absolute Gasteiger partial charge is 0.282 e. The average Bonchev–Trinajstić information content (AvgIpc) is 2.65. The van der Waals surface area contributed by atoms with Gasteiger partial charge in [-0.2, -0.15) is 5.10 Å². The molecule has 2 rings (SSSR count). The summed E-state index contributed by atoms with van der Waals surface area (Å²) >= 11 is 8.02. The number of nitrogens with zero attached hydrogens (tertiary/aromatic N) is 3. The number of halogens is 2. The van der Waals surface area contributed by atoms with Gasteiger partial charge in [-0.25, -0.2) is 9.67 Å². The Bertz CT molecular complexity index is 578. The summed E-state index contributed by atoms with van der Waals surface area (Å²) in [5.74, 6) is 0. The summed E-state index contributed by atoms with van der Waals surface area (Å²) < 4.78 is 2.56. The van der Waals surface area contributed by atoms with Gasteiger partial charge in [-0.1, -0.05) is 0 Å². The molecule has 0 aromatic carbocycles. The minimum absolute atomic E-state index is 0.152. The van der Waals surface area contributed by atoms with E-state index < -0.39 is 0 Å². The van der Waals surface area contributed by atoms with Gasteiger partial charge >= 0.3 is 0 Å². The average molecular weight is 365 g/mol. The van der Waals surface area contributed by atoms with Gasteiger partial charge in [0.15, 0.2) is 0 Å². The SMILES string of the molecule is Cc1ncc(Cn2ncc(Br)c(Br)c2=O)s1. The maximum absolute atomic E-state index is 11.8.